The van der Waals surface area contributed by atoms with Crippen LogP contribution in [0.3, 0.4) is 0 Å². The standard InChI is InChI=1S/C17H20FNO2/c1-3-19(14-8-6-7-13(18)11-14)12-16(20)15-9-4-5-10-17(15)21-2/h4-11,16,20H,3,12H2,1-2H3. The minimum atomic E-state index is -0.704. The van der Waals surface area contributed by atoms with Crippen LogP contribution in [0, 0.1) is 5.82 Å². The van der Waals surface area contributed by atoms with Crippen LogP contribution < -0.4 is 9.64 Å². The van der Waals surface area contributed by atoms with E-state index >= 15 is 0 Å². The predicted octanol–water partition coefficient (Wildman–Crippen LogP) is 3.39. The summed E-state index contributed by atoms with van der Waals surface area (Å²) in [6.45, 7) is 3.02. The maximum atomic E-state index is 13.3. The number of nitrogens with zero attached hydrogens (tertiary/aromatic N) is 1. The van der Waals surface area contributed by atoms with Gasteiger partial charge in [-0.1, -0.05) is 24.3 Å². The first-order chi connectivity index (χ1) is 10.2. The van der Waals surface area contributed by atoms with Crippen molar-refractivity contribution in [1.82, 2.24) is 0 Å². The molecule has 0 aliphatic heterocycles. The van der Waals surface area contributed by atoms with Gasteiger partial charge >= 0.3 is 0 Å². The fourth-order valence-corrected chi connectivity index (χ4v) is 2.34. The van der Waals surface area contributed by atoms with Crippen molar-refractivity contribution in [3.8, 4) is 5.75 Å². The van der Waals surface area contributed by atoms with Gasteiger partial charge in [-0.3, -0.25) is 0 Å². The van der Waals surface area contributed by atoms with E-state index in [0.29, 0.717) is 18.8 Å². The number of hydrogen-bond donors (Lipinski definition) is 1. The SMILES string of the molecule is CCN(CC(O)c1ccccc1OC)c1cccc(F)c1. The van der Waals surface area contributed by atoms with Gasteiger partial charge in [0.15, 0.2) is 0 Å². The number of benzene rings is 2. The second kappa shape index (κ2) is 7.09. The van der Waals surface area contributed by atoms with Crippen molar-refractivity contribution in [2.75, 3.05) is 25.1 Å². The van der Waals surface area contributed by atoms with Crippen LogP contribution >= 0.6 is 0 Å². The molecule has 1 unspecified atom stereocenters. The Morgan fingerprint density at radius 2 is 1.95 bits per heavy atom. The minimum Gasteiger partial charge on any atom is -0.496 e. The monoisotopic (exact) mass is 289 g/mol. The zero-order valence-corrected chi connectivity index (χ0v) is 12.3. The molecule has 0 fully saturated rings. The fourth-order valence-electron chi connectivity index (χ4n) is 2.34. The topological polar surface area (TPSA) is 32.7 Å². The molecule has 0 amide bonds. The van der Waals surface area contributed by atoms with Crippen LogP contribution in [0.1, 0.15) is 18.6 Å². The summed E-state index contributed by atoms with van der Waals surface area (Å²) in [6, 6.07) is 13.8. The number of rotatable bonds is 6. The highest BCUT2D eigenvalue weighted by Gasteiger charge is 2.16. The van der Waals surface area contributed by atoms with Crippen LogP contribution in [0.5, 0.6) is 5.75 Å². The van der Waals surface area contributed by atoms with Crippen molar-refractivity contribution < 1.29 is 14.2 Å². The van der Waals surface area contributed by atoms with Crippen molar-refractivity contribution in [3.05, 3.63) is 59.9 Å². The molecule has 21 heavy (non-hydrogen) atoms. The molecule has 1 N–H and O–H groups in total. The Hall–Kier alpha value is -2.07. The lowest BCUT2D eigenvalue weighted by Crippen LogP contribution is -2.28. The zero-order valence-electron chi connectivity index (χ0n) is 12.3. The molecule has 112 valence electrons. The molecule has 2 aromatic carbocycles. The Morgan fingerprint density at radius 1 is 1.19 bits per heavy atom. The maximum Gasteiger partial charge on any atom is 0.125 e. The van der Waals surface area contributed by atoms with Crippen molar-refractivity contribution in [2.24, 2.45) is 0 Å². The number of anilines is 1. The van der Waals surface area contributed by atoms with Gasteiger partial charge in [0.05, 0.1) is 7.11 Å². The summed E-state index contributed by atoms with van der Waals surface area (Å²) in [6.07, 6.45) is -0.704. The Bertz CT molecular complexity index is 589. The molecule has 4 heteroatoms. The number of aliphatic hydroxyl groups is 1. The Morgan fingerprint density at radius 3 is 2.62 bits per heavy atom. The highest BCUT2D eigenvalue weighted by atomic mass is 19.1. The largest absolute Gasteiger partial charge is 0.496 e. The van der Waals surface area contributed by atoms with E-state index < -0.39 is 6.10 Å². The summed E-state index contributed by atoms with van der Waals surface area (Å²) in [5.41, 5.74) is 1.49. The highest BCUT2D eigenvalue weighted by molar-refractivity contribution is 5.47. The predicted molar refractivity (Wildman–Crippen MR) is 82.2 cm³/mol. The highest BCUT2D eigenvalue weighted by Crippen LogP contribution is 2.27. The van der Waals surface area contributed by atoms with Crippen molar-refractivity contribution >= 4 is 5.69 Å². The van der Waals surface area contributed by atoms with Gasteiger partial charge < -0.3 is 14.7 Å². The van der Waals surface area contributed by atoms with Crippen LogP contribution in [0.4, 0.5) is 10.1 Å². The summed E-state index contributed by atoms with van der Waals surface area (Å²) in [5.74, 6) is 0.373. The Balaban J connectivity index is 2.18. The molecule has 0 heterocycles. The molecule has 0 aromatic heterocycles. The van der Waals surface area contributed by atoms with E-state index in [4.69, 9.17) is 4.74 Å². The number of aliphatic hydroxyl groups excluding tert-OH is 1. The van der Waals surface area contributed by atoms with Crippen LogP contribution in [-0.4, -0.2) is 25.3 Å². The fraction of sp³-hybridized carbons (Fsp3) is 0.294. The number of hydrogen-bond acceptors (Lipinski definition) is 3. The van der Waals surface area contributed by atoms with Crippen molar-refractivity contribution in [3.63, 3.8) is 0 Å². The molecule has 0 bridgehead atoms. The molecule has 2 rings (SSSR count). The average molecular weight is 289 g/mol. The summed E-state index contributed by atoms with van der Waals surface area (Å²) in [5, 5.41) is 10.4. The van der Waals surface area contributed by atoms with Gasteiger partial charge in [0.2, 0.25) is 0 Å². The van der Waals surface area contributed by atoms with E-state index in [1.165, 1.54) is 12.1 Å². The van der Waals surface area contributed by atoms with Crippen LogP contribution in [0.25, 0.3) is 0 Å². The first-order valence-corrected chi connectivity index (χ1v) is 6.97. The second-order valence-corrected chi connectivity index (χ2v) is 4.78. The van der Waals surface area contributed by atoms with E-state index in [1.54, 1.807) is 13.2 Å². The van der Waals surface area contributed by atoms with E-state index in [0.717, 1.165) is 11.3 Å². The minimum absolute atomic E-state index is 0.280. The summed E-state index contributed by atoms with van der Waals surface area (Å²) in [4.78, 5) is 1.93. The van der Waals surface area contributed by atoms with Crippen LogP contribution in [0.2, 0.25) is 0 Å². The lowest BCUT2D eigenvalue weighted by molar-refractivity contribution is 0.179. The van der Waals surface area contributed by atoms with E-state index in [9.17, 15) is 9.50 Å². The first kappa shape index (κ1) is 15.3. The van der Waals surface area contributed by atoms with E-state index in [-0.39, 0.29) is 5.82 Å². The Labute approximate surface area is 124 Å². The number of likely N-dealkylation sites (N-methyl/N-ethyl adjacent to an activating group) is 1. The normalized spacial score (nSPS) is 12.0. The second-order valence-electron chi connectivity index (χ2n) is 4.78. The molecule has 0 spiro atoms. The Kier molecular flexibility index (Phi) is 5.17. The van der Waals surface area contributed by atoms with E-state index in [2.05, 4.69) is 0 Å². The van der Waals surface area contributed by atoms with Crippen LogP contribution in [0.15, 0.2) is 48.5 Å². The van der Waals surface area contributed by atoms with Gasteiger partial charge in [0, 0.05) is 24.3 Å². The number of methoxy groups -OCH3 is 1. The number of ether oxygens (including phenoxy) is 1. The quantitative estimate of drug-likeness (QED) is 0.884. The first-order valence-electron chi connectivity index (χ1n) is 6.97. The molecule has 0 aliphatic rings. The maximum absolute atomic E-state index is 13.3. The molecular weight excluding hydrogens is 269 g/mol. The molecule has 3 nitrogen and oxygen atoms in total. The molecule has 1 atom stereocenters. The third-order valence-corrected chi connectivity index (χ3v) is 3.45. The zero-order chi connectivity index (χ0) is 15.2. The number of halogens is 1. The van der Waals surface area contributed by atoms with Gasteiger partial charge in [0.25, 0.3) is 0 Å². The molecule has 0 radical (unpaired) electrons. The lowest BCUT2D eigenvalue weighted by atomic mass is 10.1. The third kappa shape index (κ3) is 3.73. The molecule has 0 saturated carbocycles. The summed E-state index contributed by atoms with van der Waals surface area (Å²) >= 11 is 0. The lowest BCUT2D eigenvalue weighted by Gasteiger charge is -2.26. The van der Waals surface area contributed by atoms with Crippen LogP contribution in [-0.2, 0) is 0 Å². The van der Waals surface area contributed by atoms with Gasteiger partial charge in [-0.25, -0.2) is 4.39 Å². The van der Waals surface area contributed by atoms with Gasteiger partial charge in [-0.2, -0.15) is 0 Å². The molecule has 0 saturated heterocycles. The van der Waals surface area contributed by atoms with Crippen molar-refractivity contribution in [2.45, 2.75) is 13.0 Å². The molecule has 0 aliphatic carbocycles. The summed E-state index contributed by atoms with van der Waals surface area (Å²) < 4.78 is 18.6. The molecular formula is C17H20FNO2. The molecule has 2 aromatic rings. The average Bonchev–Trinajstić information content (AvgIpc) is 2.52. The number of para-hydroxylation sites is 1. The van der Waals surface area contributed by atoms with Gasteiger partial charge in [-0.05, 0) is 31.2 Å². The smallest absolute Gasteiger partial charge is 0.125 e. The van der Waals surface area contributed by atoms with Crippen molar-refractivity contribution in [1.29, 1.82) is 0 Å². The summed E-state index contributed by atoms with van der Waals surface area (Å²) in [7, 11) is 1.58. The van der Waals surface area contributed by atoms with E-state index in [1.807, 2.05) is 42.2 Å². The van der Waals surface area contributed by atoms with Gasteiger partial charge in [-0.15, -0.1) is 0 Å². The van der Waals surface area contributed by atoms with Gasteiger partial charge in [0.1, 0.15) is 17.7 Å². The third-order valence-electron chi connectivity index (χ3n) is 3.45.